The minimum absolute atomic E-state index is 0.112. The third kappa shape index (κ3) is 3.68. The number of carbonyl (C=O) groups excluding carboxylic acids is 1. The van der Waals surface area contributed by atoms with Crippen LogP contribution in [0.1, 0.15) is 21.6 Å². The summed E-state index contributed by atoms with van der Waals surface area (Å²) in [5.74, 6) is 1.14. The molecule has 1 aromatic heterocycles. The van der Waals surface area contributed by atoms with E-state index in [1.807, 2.05) is 24.3 Å². The number of carbonyl (C=O) groups is 2. The maximum absolute atomic E-state index is 13.2. The first kappa shape index (κ1) is 18.7. The molecule has 2 aromatic carbocycles. The second-order valence-corrected chi connectivity index (χ2v) is 7.15. The topological polar surface area (TPSA) is 113 Å². The average molecular weight is 418 g/mol. The van der Waals surface area contributed by atoms with E-state index in [2.05, 4.69) is 15.6 Å². The molecule has 156 valence electrons. The second-order valence-electron chi connectivity index (χ2n) is 7.15. The van der Waals surface area contributed by atoms with Gasteiger partial charge in [0.1, 0.15) is 11.5 Å². The summed E-state index contributed by atoms with van der Waals surface area (Å²) in [6, 6.07) is 16.2. The molecule has 2 aliphatic heterocycles. The first-order chi connectivity index (χ1) is 15.1. The number of benzene rings is 2. The van der Waals surface area contributed by atoms with Gasteiger partial charge in [0.05, 0.1) is 11.4 Å². The third-order valence-electron chi connectivity index (χ3n) is 5.08. The van der Waals surface area contributed by atoms with Crippen molar-refractivity contribution in [3.63, 3.8) is 0 Å². The number of amides is 2. The Labute approximate surface area is 177 Å². The van der Waals surface area contributed by atoms with Gasteiger partial charge in [0, 0.05) is 19.2 Å². The van der Waals surface area contributed by atoms with Gasteiger partial charge < -0.3 is 24.8 Å². The maximum atomic E-state index is 13.2. The monoisotopic (exact) mass is 418 g/mol. The first-order valence-corrected chi connectivity index (χ1v) is 9.60. The summed E-state index contributed by atoms with van der Waals surface area (Å²) in [6.45, 7) is 1.07. The number of anilines is 3. The Kier molecular flexibility index (Phi) is 4.55. The van der Waals surface area contributed by atoms with E-state index in [9.17, 15) is 9.59 Å². The van der Waals surface area contributed by atoms with Crippen molar-refractivity contribution in [2.75, 3.05) is 17.4 Å². The van der Waals surface area contributed by atoms with E-state index in [4.69, 9.17) is 14.6 Å². The summed E-state index contributed by atoms with van der Waals surface area (Å²) < 4.78 is 10.9. The number of nitrogens with one attached hydrogen (secondary N) is 2. The van der Waals surface area contributed by atoms with Crippen LogP contribution in [0.5, 0.6) is 11.5 Å². The molecule has 0 radical (unpaired) electrons. The lowest BCUT2D eigenvalue weighted by atomic mass is 10.1. The van der Waals surface area contributed by atoms with E-state index in [1.165, 1.54) is 12.1 Å². The van der Waals surface area contributed by atoms with E-state index >= 15 is 0 Å². The SMILES string of the molecule is O=C(O)Nc1cc(Nc2cccc3c2OCO3)nc(C(=O)N2Cc3ccccc3C2)c1. The number of pyridine rings is 1. The fourth-order valence-corrected chi connectivity index (χ4v) is 3.71. The Morgan fingerprint density at radius 1 is 1.00 bits per heavy atom. The summed E-state index contributed by atoms with van der Waals surface area (Å²) in [5, 5.41) is 14.5. The van der Waals surface area contributed by atoms with Crippen LogP contribution in [-0.4, -0.2) is 33.8 Å². The van der Waals surface area contributed by atoms with Crippen molar-refractivity contribution < 1.29 is 24.2 Å². The summed E-state index contributed by atoms with van der Waals surface area (Å²) in [4.78, 5) is 30.5. The van der Waals surface area contributed by atoms with Crippen molar-refractivity contribution in [2.45, 2.75) is 13.1 Å². The number of hydrogen-bond acceptors (Lipinski definition) is 6. The van der Waals surface area contributed by atoms with Gasteiger partial charge in [-0.1, -0.05) is 30.3 Å². The molecule has 0 bridgehead atoms. The highest BCUT2D eigenvalue weighted by atomic mass is 16.7. The molecular formula is C22H18N4O5. The summed E-state index contributed by atoms with van der Waals surface area (Å²) in [5.41, 5.74) is 3.14. The Morgan fingerprint density at radius 3 is 2.52 bits per heavy atom. The van der Waals surface area contributed by atoms with Gasteiger partial charge in [-0.25, -0.2) is 9.78 Å². The maximum Gasteiger partial charge on any atom is 0.409 e. The smallest absolute Gasteiger partial charge is 0.409 e. The zero-order valence-electron chi connectivity index (χ0n) is 16.3. The van der Waals surface area contributed by atoms with Crippen molar-refractivity contribution >= 4 is 29.2 Å². The fraction of sp³-hybridized carbons (Fsp3) is 0.136. The molecule has 9 heteroatoms. The van der Waals surface area contributed by atoms with E-state index in [1.54, 1.807) is 23.1 Å². The highest BCUT2D eigenvalue weighted by molar-refractivity contribution is 5.95. The molecule has 0 saturated heterocycles. The number of carboxylic acid groups (broad SMARTS) is 1. The quantitative estimate of drug-likeness (QED) is 0.591. The van der Waals surface area contributed by atoms with Crippen LogP contribution in [0.4, 0.5) is 22.0 Å². The fourth-order valence-electron chi connectivity index (χ4n) is 3.71. The summed E-state index contributed by atoms with van der Waals surface area (Å²) >= 11 is 0. The Balaban J connectivity index is 1.46. The predicted molar refractivity (Wildman–Crippen MR) is 112 cm³/mol. The molecule has 0 atom stereocenters. The zero-order chi connectivity index (χ0) is 21.4. The molecule has 0 fully saturated rings. The number of fused-ring (bicyclic) bond motifs is 2. The standard InChI is InChI=1S/C22H18N4O5/c27-21(26-10-13-4-1-2-5-14(13)11-26)17-8-15(23-22(28)29)9-19(25-17)24-16-6-3-7-18-20(16)31-12-30-18/h1-9H,10-12H2,(H,28,29)(H2,23,24,25). The van der Waals surface area contributed by atoms with Crippen LogP contribution in [0.25, 0.3) is 0 Å². The van der Waals surface area contributed by atoms with E-state index < -0.39 is 6.09 Å². The van der Waals surface area contributed by atoms with Gasteiger partial charge in [-0.05, 0) is 29.3 Å². The van der Waals surface area contributed by atoms with E-state index in [-0.39, 0.29) is 24.1 Å². The number of para-hydroxylation sites is 1. The molecule has 3 aromatic rings. The van der Waals surface area contributed by atoms with Gasteiger partial charge in [-0.3, -0.25) is 10.1 Å². The predicted octanol–water partition coefficient (Wildman–Crippen LogP) is 3.80. The molecular weight excluding hydrogens is 400 g/mol. The van der Waals surface area contributed by atoms with Gasteiger partial charge in [0.25, 0.3) is 5.91 Å². The normalized spacial score (nSPS) is 13.6. The number of rotatable bonds is 4. The lowest BCUT2D eigenvalue weighted by molar-refractivity contribution is 0.0745. The van der Waals surface area contributed by atoms with Gasteiger partial charge in [0.15, 0.2) is 11.5 Å². The first-order valence-electron chi connectivity index (χ1n) is 9.60. The van der Waals surface area contributed by atoms with Crippen molar-refractivity contribution in [1.29, 1.82) is 0 Å². The zero-order valence-corrected chi connectivity index (χ0v) is 16.3. The van der Waals surface area contributed by atoms with E-state index in [0.29, 0.717) is 36.1 Å². The van der Waals surface area contributed by atoms with Gasteiger partial charge >= 0.3 is 6.09 Å². The van der Waals surface area contributed by atoms with Crippen LogP contribution < -0.4 is 20.1 Å². The second kappa shape index (κ2) is 7.52. The molecule has 3 heterocycles. The third-order valence-corrected chi connectivity index (χ3v) is 5.08. The number of hydrogen-bond donors (Lipinski definition) is 3. The highest BCUT2D eigenvalue weighted by Gasteiger charge is 2.26. The van der Waals surface area contributed by atoms with Crippen LogP contribution in [0.15, 0.2) is 54.6 Å². The van der Waals surface area contributed by atoms with Crippen molar-refractivity contribution in [2.24, 2.45) is 0 Å². The minimum Gasteiger partial charge on any atom is -0.465 e. The van der Waals surface area contributed by atoms with Gasteiger partial charge in [-0.15, -0.1) is 0 Å². The Bertz CT molecular complexity index is 1170. The molecule has 0 spiro atoms. The van der Waals surface area contributed by atoms with Crippen molar-refractivity contribution in [3.05, 3.63) is 71.4 Å². The molecule has 5 rings (SSSR count). The molecule has 3 N–H and O–H groups in total. The van der Waals surface area contributed by atoms with Crippen LogP contribution in [0, 0.1) is 0 Å². The van der Waals surface area contributed by atoms with Gasteiger partial charge in [-0.2, -0.15) is 0 Å². The number of aromatic nitrogens is 1. The van der Waals surface area contributed by atoms with Crippen LogP contribution in [0.3, 0.4) is 0 Å². The lowest BCUT2D eigenvalue weighted by Crippen LogP contribution is -2.26. The minimum atomic E-state index is -1.23. The summed E-state index contributed by atoms with van der Waals surface area (Å²) in [7, 11) is 0. The van der Waals surface area contributed by atoms with Crippen molar-refractivity contribution in [3.8, 4) is 11.5 Å². The Morgan fingerprint density at radius 2 is 1.77 bits per heavy atom. The number of nitrogens with zero attached hydrogens (tertiary/aromatic N) is 2. The molecule has 0 saturated carbocycles. The van der Waals surface area contributed by atoms with E-state index in [0.717, 1.165) is 11.1 Å². The lowest BCUT2D eigenvalue weighted by Gasteiger charge is -2.17. The largest absolute Gasteiger partial charge is 0.465 e. The molecule has 31 heavy (non-hydrogen) atoms. The van der Waals surface area contributed by atoms with Gasteiger partial charge in [0.2, 0.25) is 6.79 Å². The van der Waals surface area contributed by atoms with Crippen LogP contribution in [-0.2, 0) is 13.1 Å². The van der Waals surface area contributed by atoms with Crippen LogP contribution >= 0.6 is 0 Å². The molecule has 0 unspecified atom stereocenters. The summed E-state index contributed by atoms with van der Waals surface area (Å²) in [6.07, 6.45) is -1.23. The molecule has 2 amide bonds. The molecule has 2 aliphatic rings. The average Bonchev–Trinajstić information content (AvgIpc) is 3.40. The number of ether oxygens (including phenoxy) is 2. The molecule has 9 nitrogen and oxygen atoms in total. The Hall–Kier alpha value is -4.27. The molecule has 0 aliphatic carbocycles. The van der Waals surface area contributed by atoms with Crippen LogP contribution in [0.2, 0.25) is 0 Å². The van der Waals surface area contributed by atoms with Crippen molar-refractivity contribution in [1.82, 2.24) is 9.88 Å². The highest BCUT2D eigenvalue weighted by Crippen LogP contribution is 2.40.